The van der Waals surface area contributed by atoms with Crippen molar-refractivity contribution in [3.63, 3.8) is 0 Å². The molecule has 0 aliphatic rings. The number of carbonyl (C=O) groups is 3. The summed E-state index contributed by atoms with van der Waals surface area (Å²) in [5.74, 6) is -0.922. The average Bonchev–Trinajstić information content (AvgIpc) is 2.93. The van der Waals surface area contributed by atoms with E-state index < -0.39 is 5.97 Å². The van der Waals surface area contributed by atoms with Crippen molar-refractivity contribution in [3.05, 3.63) is 35.9 Å². The van der Waals surface area contributed by atoms with Crippen LogP contribution in [0.4, 0.5) is 0 Å². The number of hydrogen-bond acceptors (Lipinski definition) is 7. The molecule has 0 aliphatic heterocycles. The summed E-state index contributed by atoms with van der Waals surface area (Å²) in [5, 5.41) is 11.4. The number of esters is 1. The Morgan fingerprint density at radius 1 is 0.615 bits per heavy atom. The third-order valence-corrected chi connectivity index (χ3v) is 6.05. The van der Waals surface area contributed by atoms with E-state index >= 15 is 0 Å². The predicted molar refractivity (Wildman–Crippen MR) is 149 cm³/mol. The van der Waals surface area contributed by atoms with E-state index in [0.29, 0.717) is 59.0 Å². The van der Waals surface area contributed by atoms with Crippen molar-refractivity contribution in [1.29, 1.82) is 0 Å². The van der Waals surface area contributed by atoms with Gasteiger partial charge in [0, 0.05) is 19.4 Å². The number of carboxylic acids is 1. The third-order valence-electron chi connectivity index (χ3n) is 6.05. The SMILES string of the molecule is O=C(O)CCOCCOCCOCCNC(=O)CCCCCCCCCCCCC(=O)OCc1ccccc1. The highest BCUT2D eigenvalue weighted by Gasteiger charge is 2.04. The van der Waals surface area contributed by atoms with E-state index in [1.807, 2.05) is 30.3 Å². The number of carboxylic acid groups (broad SMARTS) is 1. The highest BCUT2D eigenvalue weighted by molar-refractivity contribution is 5.75. The lowest BCUT2D eigenvalue weighted by molar-refractivity contribution is -0.145. The van der Waals surface area contributed by atoms with Gasteiger partial charge in [0.2, 0.25) is 5.91 Å². The molecule has 0 heterocycles. The summed E-state index contributed by atoms with van der Waals surface area (Å²) < 4.78 is 21.1. The Hall–Kier alpha value is -2.49. The van der Waals surface area contributed by atoms with Gasteiger partial charge in [-0.15, -0.1) is 0 Å². The van der Waals surface area contributed by atoms with Crippen LogP contribution in [-0.4, -0.2) is 69.1 Å². The summed E-state index contributed by atoms with van der Waals surface area (Å²) in [6, 6.07) is 9.75. The maximum Gasteiger partial charge on any atom is 0.306 e. The summed E-state index contributed by atoms with van der Waals surface area (Å²) in [5.41, 5.74) is 1.02. The smallest absolute Gasteiger partial charge is 0.306 e. The first-order valence-corrected chi connectivity index (χ1v) is 14.5. The van der Waals surface area contributed by atoms with E-state index in [9.17, 15) is 14.4 Å². The molecule has 0 atom stereocenters. The Labute approximate surface area is 233 Å². The molecule has 0 aliphatic carbocycles. The molecule has 222 valence electrons. The monoisotopic (exact) mass is 551 g/mol. The zero-order chi connectivity index (χ0) is 28.2. The zero-order valence-electron chi connectivity index (χ0n) is 23.5. The summed E-state index contributed by atoms with van der Waals surface area (Å²) in [7, 11) is 0. The highest BCUT2D eigenvalue weighted by atomic mass is 16.5. The van der Waals surface area contributed by atoms with Crippen molar-refractivity contribution in [1.82, 2.24) is 5.32 Å². The zero-order valence-corrected chi connectivity index (χ0v) is 23.5. The van der Waals surface area contributed by atoms with Gasteiger partial charge in [-0.25, -0.2) is 0 Å². The van der Waals surface area contributed by atoms with Gasteiger partial charge >= 0.3 is 11.9 Å². The molecule has 0 saturated heterocycles. The molecule has 1 rings (SSSR count). The molecule has 39 heavy (non-hydrogen) atoms. The lowest BCUT2D eigenvalue weighted by Gasteiger charge is -2.08. The number of nitrogens with one attached hydrogen (secondary N) is 1. The Kier molecular flexibility index (Phi) is 22.8. The number of aliphatic carboxylic acids is 1. The maximum atomic E-state index is 11.9. The largest absolute Gasteiger partial charge is 0.481 e. The molecule has 0 spiro atoms. The van der Waals surface area contributed by atoms with E-state index in [1.54, 1.807) is 0 Å². The van der Waals surface area contributed by atoms with Gasteiger partial charge in [-0.3, -0.25) is 14.4 Å². The van der Waals surface area contributed by atoms with Gasteiger partial charge in [0.25, 0.3) is 0 Å². The third kappa shape index (κ3) is 24.3. The van der Waals surface area contributed by atoms with E-state index in [1.165, 1.54) is 25.7 Å². The second-order valence-corrected chi connectivity index (χ2v) is 9.51. The second kappa shape index (κ2) is 25.8. The van der Waals surface area contributed by atoms with Gasteiger partial charge in [-0.1, -0.05) is 81.7 Å². The summed E-state index contributed by atoms with van der Waals surface area (Å²) in [6.45, 7) is 3.12. The molecule has 1 amide bonds. The number of hydrogen-bond donors (Lipinski definition) is 2. The van der Waals surface area contributed by atoms with Crippen LogP contribution in [0, 0.1) is 0 Å². The Morgan fingerprint density at radius 2 is 1.13 bits per heavy atom. The molecule has 0 aromatic heterocycles. The average molecular weight is 552 g/mol. The van der Waals surface area contributed by atoms with Crippen LogP contribution >= 0.6 is 0 Å². The normalized spacial score (nSPS) is 10.9. The first-order chi connectivity index (χ1) is 19.1. The minimum atomic E-state index is -0.876. The first kappa shape index (κ1) is 34.5. The fourth-order valence-electron chi connectivity index (χ4n) is 3.83. The molecule has 0 radical (unpaired) electrons. The van der Waals surface area contributed by atoms with Crippen LogP contribution in [0.25, 0.3) is 0 Å². The molecular formula is C30H49NO8. The molecular weight excluding hydrogens is 502 g/mol. The van der Waals surface area contributed by atoms with Crippen LogP contribution in [0.5, 0.6) is 0 Å². The number of carbonyl (C=O) groups excluding carboxylic acids is 2. The molecule has 2 N–H and O–H groups in total. The summed E-state index contributed by atoms with van der Waals surface area (Å²) >= 11 is 0. The summed E-state index contributed by atoms with van der Waals surface area (Å²) in [4.78, 5) is 34.0. The van der Waals surface area contributed by atoms with Crippen LogP contribution in [0.3, 0.4) is 0 Å². The van der Waals surface area contributed by atoms with Crippen molar-refractivity contribution < 1.29 is 38.4 Å². The molecule has 9 heteroatoms. The topological polar surface area (TPSA) is 120 Å². The molecule has 1 aromatic carbocycles. The molecule has 0 fully saturated rings. The molecule has 1 aromatic rings. The van der Waals surface area contributed by atoms with Gasteiger partial charge in [0.05, 0.1) is 46.1 Å². The van der Waals surface area contributed by atoms with Crippen LogP contribution in [0.1, 0.15) is 89.0 Å². The first-order valence-electron chi connectivity index (χ1n) is 14.5. The Balaban J connectivity index is 1.74. The fraction of sp³-hybridized carbons (Fsp3) is 0.700. The number of rotatable bonds is 27. The molecule has 0 unspecified atom stereocenters. The fourth-order valence-corrected chi connectivity index (χ4v) is 3.83. The molecule has 0 saturated carbocycles. The van der Waals surface area contributed by atoms with Crippen molar-refractivity contribution >= 4 is 17.8 Å². The molecule has 0 bridgehead atoms. The van der Waals surface area contributed by atoms with Crippen LogP contribution in [0.15, 0.2) is 30.3 Å². The van der Waals surface area contributed by atoms with Gasteiger partial charge in [0.1, 0.15) is 6.61 Å². The number of ether oxygens (including phenoxy) is 4. The van der Waals surface area contributed by atoms with Gasteiger partial charge in [-0.05, 0) is 18.4 Å². The van der Waals surface area contributed by atoms with E-state index in [4.69, 9.17) is 24.1 Å². The molecule has 9 nitrogen and oxygen atoms in total. The van der Waals surface area contributed by atoms with Crippen molar-refractivity contribution in [3.8, 4) is 0 Å². The number of benzene rings is 1. The second-order valence-electron chi connectivity index (χ2n) is 9.51. The van der Waals surface area contributed by atoms with Crippen LogP contribution in [0.2, 0.25) is 0 Å². The van der Waals surface area contributed by atoms with Gasteiger partial charge in [0.15, 0.2) is 0 Å². The van der Waals surface area contributed by atoms with Crippen molar-refractivity contribution in [2.24, 2.45) is 0 Å². The van der Waals surface area contributed by atoms with Crippen molar-refractivity contribution in [2.45, 2.75) is 90.1 Å². The minimum absolute atomic E-state index is 0.00461. The lowest BCUT2D eigenvalue weighted by Crippen LogP contribution is -2.27. The Morgan fingerprint density at radius 3 is 1.72 bits per heavy atom. The van der Waals surface area contributed by atoms with Gasteiger partial charge in [-0.2, -0.15) is 0 Å². The van der Waals surface area contributed by atoms with Crippen LogP contribution < -0.4 is 5.32 Å². The standard InChI is InChI=1S/C30H49NO8/c32-28(31-19-21-37-23-25-38-24-22-36-20-18-29(33)34)16-12-7-5-3-1-2-4-6-8-13-17-30(35)39-26-27-14-10-9-11-15-27/h9-11,14-15H,1-8,12-13,16-26H2,(H,31,32)(H,33,34). The van der Waals surface area contributed by atoms with Crippen LogP contribution in [-0.2, 0) is 39.9 Å². The van der Waals surface area contributed by atoms with Crippen molar-refractivity contribution in [2.75, 3.05) is 46.2 Å². The Bertz CT molecular complexity index is 744. The summed E-state index contributed by atoms with van der Waals surface area (Å²) in [6.07, 6.45) is 12.2. The van der Waals surface area contributed by atoms with E-state index in [0.717, 1.165) is 44.1 Å². The maximum absolute atomic E-state index is 11.9. The number of unbranched alkanes of at least 4 members (excludes halogenated alkanes) is 9. The minimum Gasteiger partial charge on any atom is -0.481 e. The highest BCUT2D eigenvalue weighted by Crippen LogP contribution is 2.12. The lowest BCUT2D eigenvalue weighted by atomic mass is 10.1. The predicted octanol–water partition coefficient (Wildman–Crippen LogP) is 5.05. The van der Waals surface area contributed by atoms with E-state index in [2.05, 4.69) is 5.32 Å². The van der Waals surface area contributed by atoms with Gasteiger partial charge < -0.3 is 29.4 Å². The quantitative estimate of drug-likeness (QED) is 0.115. The van der Waals surface area contributed by atoms with E-state index in [-0.39, 0.29) is 24.9 Å². The number of amides is 1.